The number of amides is 1. The summed E-state index contributed by atoms with van der Waals surface area (Å²) in [5.41, 5.74) is 2.51. The van der Waals surface area contributed by atoms with Crippen LogP contribution in [-0.2, 0) is 11.3 Å². The number of pyridine rings is 1. The van der Waals surface area contributed by atoms with E-state index in [1.807, 2.05) is 17.0 Å². The molecule has 1 saturated heterocycles. The van der Waals surface area contributed by atoms with Gasteiger partial charge in [0.1, 0.15) is 11.6 Å². The highest BCUT2D eigenvalue weighted by atomic mass is 16.5. The fourth-order valence-corrected chi connectivity index (χ4v) is 7.96. The molecule has 5 aliphatic rings. The SMILES string of the molecule is COc1ccc2cc(CNC34CC5CC(CC(C5)C3)C4)c(N3CCC(=O)N(CCN(C)C)CC3)nc2c1. The summed E-state index contributed by atoms with van der Waals surface area (Å²) >= 11 is 0. The number of nitrogens with zero attached hydrogens (tertiary/aromatic N) is 4. The number of carbonyl (C=O) groups is 1. The van der Waals surface area contributed by atoms with Crippen LogP contribution >= 0.6 is 0 Å². The fraction of sp³-hybridized carbons (Fsp3) is 0.667. The van der Waals surface area contributed by atoms with Gasteiger partial charge in [0.25, 0.3) is 0 Å². The summed E-state index contributed by atoms with van der Waals surface area (Å²) < 4.78 is 5.50. The minimum Gasteiger partial charge on any atom is -0.497 e. The molecule has 4 aliphatic carbocycles. The first-order chi connectivity index (χ1) is 17.9. The van der Waals surface area contributed by atoms with Crippen LogP contribution in [0.3, 0.4) is 0 Å². The van der Waals surface area contributed by atoms with Crippen molar-refractivity contribution in [1.82, 2.24) is 20.1 Å². The molecule has 0 atom stereocenters. The normalized spacial score (nSPS) is 29.4. The van der Waals surface area contributed by atoms with Crippen LogP contribution in [-0.4, -0.2) is 80.2 Å². The van der Waals surface area contributed by atoms with Crippen molar-refractivity contribution in [3.05, 3.63) is 29.8 Å². The van der Waals surface area contributed by atoms with Gasteiger partial charge < -0.3 is 24.8 Å². The Balaban J connectivity index is 1.27. The average molecular weight is 506 g/mol. The Hall–Kier alpha value is -2.38. The van der Waals surface area contributed by atoms with Gasteiger partial charge in [-0.2, -0.15) is 0 Å². The second-order valence-corrected chi connectivity index (χ2v) is 12.5. The lowest BCUT2D eigenvalue weighted by atomic mass is 9.53. The average Bonchev–Trinajstić information content (AvgIpc) is 3.05. The van der Waals surface area contributed by atoms with Crippen molar-refractivity contribution in [3.63, 3.8) is 0 Å². The highest BCUT2D eigenvalue weighted by Gasteiger charge is 2.50. The maximum atomic E-state index is 12.9. The number of benzene rings is 1. The molecule has 2 aromatic rings. The Kier molecular flexibility index (Phi) is 6.78. The molecule has 1 aromatic heterocycles. The Morgan fingerprint density at radius 1 is 1.05 bits per heavy atom. The number of likely N-dealkylation sites (N-methyl/N-ethyl adjacent to an activating group) is 1. The fourth-order valence-electron chi connectivity index (χ4n) is 7.96. The van der Waals surface area contributed by atoms with Crippen LogP contribution in [0.25, 0.3) is 10.9 Å². The molecular formula is C30H43N5O2. The molecule has 1 aromatic carbocycles. The second kappa shape index (κ2) is 10.1. The Bertz CT molecular complexity index is 1110. The third-order valence-corrected chi connectivity index (χ3v) is 9.48. The molecule has 1 aliphatic heterocycles. The topological polar surface area (TPSA) is 60.9 Å². The monoisotopic (exact) mass is 505 g/mol. The standard InChI is InChI=1S/C30H43N5O2/c1-33(2)8-9-34-10-11-35(7-6-28(34)36)29-25(15-24-4-5-26(37-3)16-27(24)32-29)20-31-30-17-21-12-22(18-30)14-23(13-21)19-30/h4-5,15-16,21-23,31H,6-14,17-20H2,1-3H3. The molecule has 7 heteroatoms. The van der Waals surface area contributed by atoms with E-state index in [1.165, 1.54) is 44.1 Å². The van der Waals surface area contributed by atoms with Gasteiger partial charge in [0, 0.05) is 68.2 Å². The molecule has 4 bridgehead atoms. The number of ether oxygens (including phenoxy) is 1. The quantitative estimate of drug-likeness (QED) is 0.587. The zero-order chi connectivity index (χ0) is 25.6. The van der Waals surface area contributed by atoms with Gasteiger partial charge in [0.05, 0.1) is 12.6 Å². The molecule has 7 rings (SSSR count). The summed E-state index contributed by atoms with van der Waals surface area (Å²) in [6.07, 6.45) is 8.92. The van der Waals surface area contributed by atoms with Crippen LogP contribution in [0.2, 0.25) is 0 Å². The maximum Gasteiger partial charge on any atom is 0.224 e. The largest absolute Gasteiger partial charge is 0.497 e. The van der Waals surface area contributed by atoms with Crippen LogP contribution < -0.4 is 15.0 Å². The number of hydrogen-bond acceptors (Lipinski definition) is 6. The van der Waals surface area contributed by atoms with Gasteiger partial charge in [-0.05, 0) is 88.6 Å². The van der Waals surface area contributed by atoms with Gasteiger partial charge in [-0.3, -0.25) is 4.79 Å². The van der Waals surface area contributed by atoms with E-state index in [0.717, 1.165) is 72.9 Å². The summed E-state index contributed by atoms with van der Waals surface area (Å²) in [6, 6.07) is 8.49. The van der Waals surface area contributed by atoms with Crippen molar-refractivity contribution in [2.45, 2.75) is 57.0 Å². The molecule has 200 valence electrons. The molecule has 7 nitrogen and oxygen atoms in total. The molecule has 5 fully saturated rings. The van der Waals surface area contributed by atoms with E-state index in [9.17, 15) is 4.79 Å². The minimum atomic E-state index is 0.250. The van der Waals surface area contributed by atoms with E-state index in [-0.39, 0.29) is 5.91 Å². The van der Waals surface area contributed by atoms with Gasteiger partial charge in [-0.1, -0.05) is 0 Å². The molecular weight excluding hydrogens is 462 g/mol. The molecule has 4 saturated carbocycles. The molecule has 1 N–H and O–H groups in total. The third kappa shape index (κ3) is 5.17. The molecule has 0 radical (unpaired) electrons. The lowest BCUT2D eigenvalue weighted by Gasteiger charge is -2.57. The van der Waals surface area contributed by atoms with Crippen LogP contribution in [0.1, 0.15) is 50.5 Å². The summed E-state index contributed by atoms with van der Waals surface area (Å²) in [5, 5.41) is 5.25. The van der Waals surface area contributed by atoms with E-state index in [0.29, 0.717) is 18.5 Å². The lowest BCUT2D eigenvalue weighted by Crippen LogP contribution is -2.58. The predicted molar refractivity (Wildman–Crippen MR) is 148 cm³/mol. The zero-order valence-electron chi connectivity index (χ0n) is 22.8. The van der Waals surface area contributed by atoms with Crippen molar-refractivity contribution < 1.29 is 9.53 Å². The van der Waals surface area contributed by atoms with E-state index >= 15 is 0 Å². The number of hydrogen-bond donors (Lipinski definition) is 1. The molecule has 1 amide bonds. The van der Waals surface area contributed by atoms with Gasteiger partial charge in [0.2, 0.25) is 5.91 Å². The van der Waals surface area contributed by atoms with Crippen LogP contribution in [0.5, 0.6) is 5.75 Å². The van der Waals surface area contributed by atoms with Crippen molar-refractivity contribution in [2.24, 2.45) is 17.8 Å². The number of carbonyl (C=O) groups excluding carboxylic acids is 1. The van der Waals surface area contributed by atoms with Crippen LogP contribution in [0.4, 0.5) is 5.82 Å². The predicted octanol–water partition coefficient (Wildman–Crippen LogP) is 3.90. The van der Waals surface area contributed by atoms with Gasteiger partial charge in [-0.25, -0.2) is 4.98 Å². The van der Waals surface area contributed by atoms with Crippen molar-refractivity contribution in [2.75, 3.05) is 58.8 Å². The number of rotatable bonds is 8. The van der Waals surface area contributed by atoms with E-state index in [2.05, 4.69) is 41.3 Å². The molecule has 0 unspecified atom stereocenters. The first-order valence-electron chi connectivity index (χ1n) is 14.3. The number of fused-ring (bicyclic) bond motifs is 1. The molecule has 2 heterocycles. The van der Waals surface area contributed by atoms with Crippen LogP contribution in [0.15, 0.2) is 24.3 Å². The van der Waals surface area contributed by atoms with E-state index in [1.54, 1.807) is 7.11 Å². The number of nitrogens with one attached hydrogen (secondary N) is 1. The summed E-state index contributed by atoms with van der Waals surface area (Å²) in [6.45, 7) is 4.77. The highest BCUT2D eigenvalue weighted by Crippen LogP contribution is 2.55. The van der Waals surface area contributed by atoms with Crippen molar-refractivity contribution in [1.29, 1.82) is 0 Å². The number of anilines is 1. The smallest absolute Gasteiger partial charge is 0.224 e. The Morgan fingerprint density at radius 3 is 2.46 bits per heavy atom. The Labute approximate surface area is 221 Å². The maximum absolute atomic E-state index is 12.9. The Morgan fingerprint density at radius 2 is 1.78 bits per heavy atom. The second-order valence-electron chi connectivity index (χ2n) is 12.5. The van der Waals surface area contributed by atoms with Crippen molar-refractivity contribution >= 4 is 22.6 Å². The van der Waals surface area contributed by atoms with E-state index < -0.39 is 0 Å². The minimum absolute atomic E-state index is 0.250. The summed E-state index contributed by atoms with van der Waals surface area (Å²) in [4.78, 5) is 24.6. The first-order valence-corrected chi connectivity index (χ1v) is 14.3. The van der Waals surface area contributed by atoms with E-state index in [4.69, 9.17) is 9.72 Å². The number of aromatic nitrogens is 1. The molecule has 0 spiro atoms. The van der Waals surface area contributed by atoms with Gasteiger partial charge in [-0.15, -0.1) is 0 Å². The van der Waals surface area contributed by atoms with Gasteiger partial charge >= 0.3 is 0 Å². The molecule has 37 heavy (non-hydrogen) atoms. The third-order valence-electron chi connectivity index (χ3n) is 9.48. The van der Waals surface area contributed by atoms with Crippen molar-refractivity contribution in [3.8, 4) is 5.75 Å². The summed E-state index contributed by atoms with van der Waals surface area (Å²) in [5.74, 6) is 4.87. The highest BCUT2D eigenvalue weighted by molar-refractivity contribution is 5.84. The summed E-state index contributed by atoms with van der Waals surface area (Å²) in [7, 11) is 5.82. The first kappa shape index (κ1) is 24.9. The van der Waals surface area contributed by atoms with Crippen LogP contribution in [0, 0.1) is 17.8 Å². The lowest BCUT2D eigenvalue weighted by molar-refractivity contribution is -0.130. The number of methoxy groups -OCH3 is 1. The van der Waals surface area contributed by atoms with Gasteiger partial charge in [0.15, 0.2) is 0 Å². The zero-order valence-corrected chi connectivity index (χ0v) is 22.8.